The normalized spacial score (nSPS) is 18.5. The molecule has 1 unspecified atom stereocenters. The summed E-state index contributed by atoms with van der Waals surface area (Å²) in [6.07, 6.45) is 1.12. The minimum atomic E-state index is -0.796. The van der Waals surface area contributed by atoms with Gasteiger partial charge in [-0.3, -0.25) is 0 Å². The van der Waals surface area contributed by atoms with Crippen molar-refractivity contribution < 1.29 is 29.5 Å². The first-order chi connectivity index (χ1) is 15.5. The van der Waals surface area contributed by atoms with Gasteiger partial charge in [-0.1, -0.05) is 24.3 Å². The van der Waals surface area contributed by atoms with Crippen LogP contribution in [0.3, 0.4) is 0 Å². The number of hydrogen-bond donors (Lipinski definition) is 4. The number of allylic oxidation sites excluding steroid dienone is 1. The number of fused-ring (bicyclic) bond motifs is 1. The molecule has 2 aromatic carbocycles. The number of hydrogen-bond acceptors (Lipinski definition) is 7. The third-order valence-electron chi connectivity index (χ3n) is 5.47. The topological polar surface area (TPSA) is 100 Å². The van der Waals surface area contributed by atoms with Crippen molar-refractivity contribution in [3.63, 3.8) is 0 Å². The summed E-state index contributed by atoms with van der Waals surface area (Å²) in [5.41, 5.74) is 2.97. The number of aliphatic hydroxyl groups excluding tert-OH is 3. The molecule has 174 valence electrons. The molecule has 32 heavy (non-hydrogen) atoms. The van der Waals surface area contributed by atoms with Gasteiger partial charge in [0.25, 0.3) is 0 Å². The predicted molar refractivity (Wildman–Crippen MR) is 123 cm³/mol. The van der Waals surface area contributed by atoms with Gasteiger partial charge in [-0.25, -0.2) is 0 Å². The van der Waals surface area contributed by atoms with E-state index in [0.29, 0.717) is 49.8 Å². The standard InChI is InChI=1S/C25H33NO6/c1-3-5-17-8-9-24(25(12-17)30-2)31-11-10-26-15-19(27)16-32-23-7-4-6-18-13-21(28)22(29)14-20(18)23/h3-4,6-9,12,19,21-22,26-29H,1,5,10-11,13-16H2,2H3/t19?,21-,22+/m1/s1. The van der Waals surface area contributed by atoms with Gasteiger partial charge in [0.2, 0.25) is 0 Å². The molecule has 1 aliphatic rings. The quantitative estimate of drug-likeness (QED) is 0.292. The maximum atomic E-state index is 10.2. The molecule has 0 heterocycles. The molecule has 0 fully saturated rings. The Morgan fingerprint density at radius 2 is 1.91 bits per heavy atom. The molecule has 7 heteroatoms. The van der Waals surface area contributed by atoms with Gasteiger partial charge in [0.15, 0.2) is 11.5 Å². The van der Waals surface area contributed by atoms with Crippen molar-refractivity contribution in [3.8, 4) is 17.2 Å². The summed E-state index contributed by atoms with van der Waals surface area (Å²) in [6, 6.07) is 11.4. The van der Waals surface area contributed by atoms with Crippen LogP contribution in [0.15, 0.2) is 49.1 Å². The molecule has 2 aromatic rings. The molecule has 0 spiro atoms. The van der Waals surface area contributed by atoms with Crippen LogP contribution in [-0.4, -0.2) is 67.0 Å². The molecule has 0 bridgehead atoms. The number of benzene rings is 2. The molecule has 0 amide bonds. The SMILES string of the molecule is C=CCc1ccc(OCCNCC(O)COc2cccc3c2C[C@H](O)[C@H](O)C3)c(OC)c1. The lowest BCUT2D eigenvalue weighted by Gasteiger charge is -2.27. The third kappa shape index (κ3) is 6.46. The molecule has 0 saturated carbocycles. The summed E-state index contributed by atoms with van der Waals surface area (Å²) in [6.45, 7) is 5.21. The first-order valence-corrected chi connectivity index (χ1v) is 10.9. The van der Waals surface area contributed by atoms with E-state index in [4.69, 9.17) is 14.2 Å². The molecule has 7 nitrogen and oxygen atoms in total. The van der Waals surface area contributed by atoms with E-state index in [2.05, 4.69) is 11.9 Å². The molecule has 3 atom stereocenters. The average Bonchev–Trinajstić information content (AvgIpc) is 2.79. The van der Waals surface area contributed by atoms with E-state index in [1.165, 1.54) is 0 Å². The maximum absolute atomic E-state index is 10.2. The van der Waals surface area contributed by atoms with E-state index in [9.17, 15) is 15.3 Å². The fourth-order valence-electron chi connectivity index (χ4n) is 3.75. The van der Waals surface area contributed by atoms with Crippen LogP contribution in [-0.2, 0) is 19.3 Å². The number of nitrogens with one attached hydrogen (secondary N) is 1. The second-order valence-corrected chi connectivity index (χ2v) is 7.93. The summed E-state index contributed by atoms with van der Waals surface area (Å²) in [7, 11) is 1.61. The predicted octanol–water partition coefficient (Wildman–Crippen LogP) is 1.65. The zero-order valence-electron chi connectivity index (χ0n) is 18.5. The van der Waals surface area contributed by atoms with Gasteiger partial charge in [0, 0.05) is 31.5 Å². The lowest BCUT2D eigenvalue weighted by atomic mass is 9.87. The highest BCUT2D eigenvalue weighted by molar-refractivity contribution is 5.44. The first kappa shape index (κ1) is 24.1. The molecule has 1 aliphatic carbocycles. The van der Waals surface area contributed by atoms with Crippen molar-refractivity contribution in [1.82, 2.24) is 5.32 Å². The van der Waals surface area contributed by atoms with Gasteiger partial charge in [0.05, 0.1) is 19.3 Å². The molecular weight excluding hydrogens is 410 g/mol. The van der Waals surface area contributed by atoms with E-state index in [1.807, 2.05) is 42.5 Å². The highest BCUT2D eigenvalue weighted by Gasteiger charge is 2.27. The van der Waals surface area contributed by atoms with Crippen LogP contribution in [0.2, 0.25) is 0 Å². The van der Waals surface area contributed by atoms with Crippen LogP contribution < -0.4 is 19.5 Å². The fourth-order valence-corrected chi connectivity index (χ4v) is 3.75. The minimum Gasteiger partial charge on any atom is -0.493 e. The van der Waals surface area contributed by atoms with E-state index in [1.54, 1.807) is 7.11 Å². The molecule has 0 radical (unpaired) electrons. The molecular formula is C25H33NO6. The highest BCUT2D eigenvalue weighted by Crippen LogP contribution is 2.30. The molecule has 0 saturated heterocycles. The highest BCUT2D eigenvalue weighted by atomic mass is 16.5. The van der Waals surface area contributed by atoms with Crippen LogP contribution in [0.4, 0.5) is 0 Å². The molecule has 4 N–H and O–H groups in total. The van der Waals surface area contributed by atoms with E-state index < -0.39 is 18.3 Å². The molecule has 0 aliphatic heterocycles. The van der Waals surface area contributed by atoms with Crippen molar-refractivity contribution >= 4 is 0 Å². The van der Waals surface area contributed by atoms with Gasteiger partial charge in [0.1, 0.15) is 25.1 Å². The Kier molecular flexibility index (Phi) is 8.93. The Morgan fingerprint density at radius 3 is 2.69 bits per heavy atom. The number of methoxy groups -OCH3 is 1. The zero-order valence-corrected chi connectivity index (χ0v) is 18.5. The number of rotatable bonds is 12. The summed E-state index contributed by atoms with van der Waals surface area (Å²) < 4.78 is 17.0. The van der Waals surface area contributed by atoms with Gasteiger partial charge < -0.3 is 34.8 Å². The van der Waals surface area contributed by atoms with E-state index in [-0.39, 0.29) is 6.61 Å². The van der Waals surface area contributed by atoms with Gasteiger partial charge >= 0.3 is 0 Å². The average molecular weight is 444 g/mol. The van der Waals surface area contributed by atoms with Crippen molar-refractivity contribution in [1.29, 1.82) is 0 Å². The summed E-state index contributed by atoms with van der Waals surface area (Å²) in [4.78, 5) is 0. The van der Waals surface area contributed by atoms with E-state index >= 15 is 0 Å². The van der Waals surface area contributed by atoms with Crippen LogP contribution in [0.1, 0.15) is 16.7 Å². The largest absolute Gasteiger partial charge is 0.493 e. The zero-order chi connectivity index (χ0) is 22.9. The monoisotopic (exact) mass is 443 g/mol. The van der Waals surface area contributed by atoms with Crippen molar-refractivity contribution in [2.24, 2.45) is 0 Å². The second kappa shape index (κ2) is 11.9. The van der Waals surface area contributed by atoms with Gasteiger partial charge in [-0.15, -0.1) is 6.58 Å². The summed E-state index contributed by atoms with van der Waals surface area (Å²) in [5, 5.41) is 33.2. The van der Waals surface area contributed by atoms with Gasteiger partial charge in [-0.2, -0.15) is 0 Å². The fraction of sp³-hybridized carbons (Fsp3) is 0.440. The molecule has 0 aromatic heterocycles. The number of ether oxygens (including phenoxy) is 3. The van der Waals surface area contributed by atoms with Crippen molar-refractivity contribution in [2.75, 3.05) is 33.4 Å². The second-order valence-electron chi connectivity index (χ2n) is 7.93. The Labute approximate surface area is 189 Å². The van der Waals surface area contributed by atoms with Crippen molar-refractivity contribution in [3.05, 3.63) is 65.7 Å². The molecule has 3 rings (SSSR count). The number of aliphatic hydroxyl groups is 3. The minimum absolute atomic E-state index is 0.127. The summed E-state index contributed by atoms with van der Waals surface area (Å²) in [5.74, 6) is 2.00. The third-order valence-corrected chi connectivity index (χ3v) is 5.47. The Balaban J connectivity index is 1.39. The van der Waals surface area contributed by atoms with Gasteiger partial charge in [-0.05, 0) is 35.7 Å². The Morgan fingerprint density at radius 1 is 1.09 bits per heavy atom. The summed E-state index contributed by atoms with van der Waals surface area (Å²) >= 11 is 0. The van der Waals surface area contributed by atoms with Crippen molar-refractivity contribution in [2.45, 2.75) is 37.6 Å². The Bertz CT molecular complexity index is 887. The van der Waals surface area contributed by atoms with Crippen LogP contribution >= 0.6 is 0 Å². The lowest BCUT2D eigenvalue weighted by Crippen LogP contribution is -2.35. The van der Waals surface area contributed by atoms with Crippen LogP contribution in [0.25, 0.3) is 0 Å². The van der Waals surface area contributed by atoms with E-state index in [0.717, 1.165) is 23.1 Å². The van der Waals surface area contributed by atoms with Crippen LogP contribution in [0, 0.1) is 0 Å². The lowest BCUT2D eigenvalue weighted by molar-refractivity contribution is 0.0132. The smallest absolute Gasteiger partial charge is 0.161 e. The Hall–Kier alpha value is -2.58. The maximum Gasteiger partial charge on any atom is 0.161 e. The van der Waals surface area contributed by atoms with Crippen LogP contribution in [0.5, 0.6) is 17.2 Å². The first-order valence-electron chi connectivity index (χ1n) is 10.9.